The Bertz CT molecular complexity index is 645. The van der Waals surface area contributed by atoms with Gasteiger partial charge in [-0.15, -0.1) is 0 Å². The number of rotatable bonds is 10. The quantitative estimate of drug-likeness (QED) is 0.318. The SMILES string of the molecule is CNC(=O)C(NC(=O)[C@H](CCOc1ccccc1)[C@H](C)N(O)C=O)C(C)(C)C. The van der Waals surface area contributed by atoms with Crippen molar-refractivity contribution in [1.82, 2.24) is 15.7 Å². The van der Waals surface area contributed by atoms with E-state index < -0.39 is 29.3 Å². The summed E-state index contributed by atoms with van der Waals surface area (Å²) < 4.78 is 5.64. The molecule has 0 fully saturated rings. The van der Waals surface area contributed by atoms with Crippen molar-refractivity contribution in [1.29, 1.82) is 0 Å². The third-order valence-electron chi connectivity index (χ3n) is 4.55. The van der Waals surface area contributed by atoms with Crippen molar-refractivity contribution >= 4 is 18.2 Å². The zero-order valence-corrected chi connectivity index (χ0v) is 17.1. The molecule has 0 aliphatic heterocycles. The van der Waals surface area contributed by atoms with Crippen LogP contribution in [0, 0.1) is 11.3 Å². The highest BCUT2D eigenvalue weighted by atomic mass is 16.5. The van der Waals surface area contributed by atoms with Gasteiger partial charge in [-0.3, -0.25) is 19.6 Å². The Balaban J connectivity index is 2.91. The maximum atomic E-state index is 12.9. The molecule has 3 N–H and O–H groups in total. The molecule has 0 saturated carbocycles. The number of ether oxygens (including phenoxy) is 1. The highest BCUT2D eigenvalue weighted by Gasteiger charge is 2.36. The highest BCUT2D eigenvalue weighted by molar-refractivity contribution is 5.89. The van der Waals surface area contributed by atoms with Crippen LogP contribution in [0.2, 0.25) is 0 Å². The van der Waals surface area contributed by atoms with E-state index in [2.05, 4.69) is 10.6 Å². The summed E-state index contributed by atoms with van der Waals surface area (Å²) in [5, 5.41) is 15.5. The Morgan fingerprint density at radius 3 is 2.32 bits per heavy atom. The smallest absolute Gasteiger partial charge is 0.242 e. The molecule has 1 rings (SSSR count). The van der Waals surface area contributed by atoms with Crippen molar-refractivity contribution in [3.63, 3.8) is 0 Å². The number of likely N-dealkylation sites (N-methyl/N-ethyl adjacent to an activating group) is 1. The van der Waals surface area contributed by atoms with Crippen LogP contribution in [-0.2, 0) is 14.4 Å². The molecule has 1 aromatic carbocycles. The van der Waals surface area contributed by atoms with E-state index in [1.165, 1.54) is 7.05 Å². The van der Waals surface area contributed by atoms with Gasteiger partial charge in [-0.05, 0) is 30.9 Å². The molecule has 156 valence electrons. The molecular weight excluding hydrogens is 362 g/mol. The van der Waals surface area contributed by atoms with Crippen LogP contribution in [-0.4, -0.2) is 54.2 Å². The first-order valence-electron chi connectivity index (χ1n) is 9.24. The van der Waals surface area contributed by atoms with E-state index in [0.29, 0.717) is 10.8 Å². The number of amides is 3. The van der Waals surface area contributed by atoms with Crippen LogP contribution in [0.3, 0.4) is 0 Å². The number of carbonyl (C=O) groups excluding carboxylic acids is 3. The maximum absolute atomic E-state index is 12.9. The van der Waals surface area contributed by atoms with Crippen molar-refractivity contribution < 1.29 is 24.3 Å². The summed E-state index contributed by atoms with van der Waals surface area (Å²) in [6, 6.07) is 7.57. The molecule has 1 aromatic rings. The number of hydrogen-bond acceptors (Lipinski definition) is 5. The van der Waals surface area contributed by atoms with Crippen LogP contribution < -0.4 is 15.4 Å². The fraction of sp³-hybridized carbons (Fsp3) is 0.550. The van der Waals surface area contributed by atoms with Crippen molar-refractivity contribution in [3.05, 3.63) is 30.3 Å². The second-order valence-electron chi connectivity index (χ2n) is 7.70. The van der Waals surface area contributed by atoms with Gasteiger partial charge in [-0.2, -0.15) is 0 Å². The van der Waals surface area contributed by atoms with E-state index in [-0.39, 0.29) is 25.3 Å². The lowest BCUT2D eigenvalue weighted by molar-refractivity contribution is -0.166. The minimum Gasteiger partial charge on any atom is -0.494 e. The van der Waals surface area contributed by atoms with E-state index in [4.69, 9.17) is 4.74 Å². The van der Waals surface area contributed by atoms with Gasteiger partial charge in [0.1, 0.15) is 11.8 Å². The molecule has 0 bridgehead atoms. The molecule has 1 unspecified atom stereocenters. The van der Waals surface area contributed by atoms with Crippen LogP contribution >= 0.6 is 0 Å². The Morgan fingerprint density at radius 2 is 1.82 bits per heavy atom. The molecule has 0 aromatic heterocycles. The minimum absolute atomic E-state index is 0.208. The number of hydrogen-bond donors (Lipinski definition) is 3. The lowest BCUT2D eigenvalue weighted by Gasteiger charge is -2.33. The molecule has 28 heavy (non-hydrogen) atoms. The molecule has 0 aliphatic carbocycles. The van der Waals surface area contributed by atoms with Crippen molar-refractivity contribution in [2.45, 2.75) is 46.2 Å². The molecule has 0 aliphatic rings. The third kappa shape index (κ3) is 6.84. The van der Waals surface area contributed by atoms with E-state index in [1.807, 2.05) is 39.0 Å². The highest BCUT2D eigenvalue weighted by Crippen LogP contribution is 2.22. The minimum atomic E-state index is -0.790. The normalized spacial score (nSPS) is 14.4. The molecule has 0 heterocycles. The molecule has 8 nitrogen and oxygen atoms in total. The number of para-hydroxylation sites is 1. The van der Waals surface area contributed by atoms with Gasteiger partial charge in [0.15, 0.2) is 0 Å². The first-order chi connectivity index (χ1) is 13.1. The van der Waals surface area contributed by atoms with Gasteiger partial charge in [0.2, 0.25) is 18.2 Å². The standard InChI is InChI=1S/C20H31N3O5/c1-14(23(27)13-24)16(11-12-28-15-9-7-6-8-10-15)18(25)22-17(19(26)21-5)20(2,3)4/h6-10,13-14,16-17,27H,11-12H2,1-5H3,(H,21,26)(H,22,25)/t14-,16+,17?/m0/s1. The van der Waals surface area contributed by atoms with Gasteiger partial charge in [0, 0.05) is 7.05 Å². The Hall–Kier alpha value is -2.61. The molecular formula is C20H31N3O5. The maximum Gasteiger partial charge on any atom is 0.242 e. The van der Waals surface area contributed by atoms with Crippen molar-refractivity contribution in [2.24, 2.45) is 11.3 Å². The number of carbonyl (C=O) groups is 3. The first-order valence-corrected chi connectivity index (χ1v) is 9.24. The van der Waals surface area contributed by atoms with Crippen LogP contribution in [0.5, 0.6) is 5.75 Å². The average Bonchev–Trinajstić information content (AvgIpc) is 2.67. The Kier molecular flexibility index (Phi) is 8.91. The van der Waals surface area contributed by atoms with Crippen molar-refractivity contribution in [2.75, 3.05) is 13.7 Å². The summed E-state index contributed by atoms with van der Waals surface area (Å²) in [4.78, 5) is 36.1. The molecule has 0 spiro atoms. The molecule has 3 amide bonds. The summed E-state index contributed by atoms with van der Waals surface area (Å²) >= 11 is 0. The van der Waals surface area contributed by atoms with E-state index >= 15 is 0 Å². The second-order valence-corrected chi connectivity index (χ2v) is 7.70. The largest absolute Gasteiger partial charge is 0.494 e. The number of nitrogens with zero attached hydrogens (tertiary/aromatic N) is 1. The molecule has 3 atom stereocenters. The number of benzene rings is 1. The first kappa shape index (κ1) is 23.4. The lowest BCUT2D eigenvalue weighted by atomic mass is 9.85. The fourth-order valence-corrected chi connectivity index (χ4v) is 2.76. The Morgan fingerprint density at radius 1 is 1.21 bits per heavy atom. The predicted molar refractivity (Wildman–Crippen MR) is 105 cm³/mol. The molecule has 8 heteroatoms. The predicted octanol–water partition coefficient (Wildman–Crippen LogP) is 1.58. The van der Waals surface area contributed by atoms with Gasteiger partial charge in [0.25, 0.3) is 0 Å². The van der Waals surface area contributed by atoms with Gasteiger partial charge in [-0.25, -0.2) is 5.06 Å². The van der Waals surface area contributed by atoms with E-state index in [1.54, 1.807) is 19.1 Å². The molecule has 0 saturated heterocycles. The zero-order valence-electron chi connectivity index (χ0n) is 17.1. The fourth-order valence-electron chi connectivity index (χ4n) is 2.76. The Labute approximate surface area is 166 Å². The van der Waals surface area contributed by atoms with E-state index in [9.17, 15) is 19.6 Å². The lowest BCUT2D eigenvalue weighted by Crippen LogP contribution is -2.56. The third-order valence-corrected chi connectivity index (χ3v) is 4.55. The topological polar surface area (TPSA) is 108 Å². The molecule has 0 radical (unpaired) electrons. The number of hydroxylamine groups is 2. The van der Waals surface area contributed by atoms with Gasteiger partial charge in [-0.1, -0.05) is 39.0 Å². The number of nitrogens with one attached hydrogen (secondary N) is 2. The van der Waals surface area contributed by atoms with Gasteiger partial charge < -0.3 is 15.4 Å². The van der Waals surface area contributed by atoms with Crippen LogP contribution in [0.1, 0.15) is 34.1 Å². The summed E-state index contributed by atoms with van der Waals surface area (Å²) in [7, 11) is 1.50. The second kappa shape index (κ2) is 10.7. The van der Waals surface area contributed by atoms with Crippen molar-refractivity contribution in [3.8, 4) is 5.75 Å². The van der Waals surface area contributed by atoms with E-state index in [0.717, 1.165) is 0 Å². The monoisotopic (exact) mass is 393 g/mol. The van der Waals surface area contributed by atoms with Gasteiger partial charge >= 0.3 is 0 Å². The van der Waals surface area contributed by atoms with Crippen LogP contribution in [0.25, 0.3) is 0 Å². The van der Waals surface area contributed by atoms with Gasteiger partial charge in [0.05, 0.1) is 18.6 Å². The summed E-state index contributed by atoms with van der Waals surface area (Å²) in [5.41, 5.74) is -0.520. The summed E-state index contributed by atoms with van der Waals surface area (Å²) in [6.07, 6.45) is 0.500. The average molecular weight is 393 g/mol. The van der Waals surface area contributed by atoms with Crippen LogP contribution in [0.4, 0.5) is 0 Å². The summed E-state index contributed by atoms with van der Waals surface area (Å²) in [6.45, 7) is 7.29. The zero-order chi connectivity index (χ0) is 21.3. The van der Waals surface area contributed by atoms with Crippen LogP contribution in [0.15, 0.2) is 30.3 Å². The summed E-state index contributed by atoms with van der Waals surface area (Å²) in [5.74, 6) is -0.866.